The van der Waals surface area contributed by atoms with Gasteiger partial charge in [-0.3, -0.25) is 9.69 Å². The van der Waals surface area contributed by atoms with Crippen molar-refractivity contribution in [3.05, 3.63) is 71.6 Å². The molecule has 0 aliphatic carbocycles. The largest absolute Gasteiger partial charge is 0.376 e. The number of nitrogens with zero attached hydrogens (tertiary/aromatic N) is 2. The van der Waals surface area contributed by atoms with Crippen molar-refractivity contribution in [1.82, 2.24) is 4.98 Å². The van der Waals surface area contributed by atoms with Crippen LogP contribution in [0, 0.1) is 0 Å². The zero-order valence-electron chi connectivity index (χ0n) is 16.9. The second-order valence-electron chi connectivity index (χ2n) is 7.31. The van der Waals surface area contributed by atoms with Crippen LogP contribution in [0.4, 0.5) is 5.13 Å². The lowest BCUT2D eigenvalue weighted by molar-refractivity contribution is -0.124. The van der Waals surface area contributed by atoms with Gasteiger partial charge in [-0.05, 0) is 24.8 Å². The lowest BCUT2D eigenvalue weighted by Crippen LogP contribution is -2.36. The second-order valence-corrected chi connectivity index (χ2v) is 8.15. The molecule has 2 heterocycles. The highest BCUT2D eigenvalue weighted by Crippen LogP contribution is 2.28. The number of hydrogen-bond donors (Lipinski definition) is 0. The first kappa shape index (κ1) is 20.7. The summed E-state index contributed by atoms with van der Waals surface area (Å²) < 4.78 is 11.3. The van der Waals surface area contributed by atoms with Gasteiger partial charge in [0.25, 0.3) is 5.91 Å². The van der Waals surface area contributed by atoms with Gasteiger partial charge in [0.1, 0.15) is 6.61 Å². The van der Waals surface area contributed by atoms with E-state index in [2.05, 4.69) is 12.1 Å². The Hall–Kier alpha value is -2.54. The predicted molar refractivity (Wildman–Crippen MR) is 120 cm³/mol. The van der Waals surface area contributed by atoms with Crippen molar-refractivity contribution in [1.29, 1.82) is 0 Å². The molecular formula is C24H26N2O3S. The van der Waals surface area contributed by atoms with Gasteiger partial charge in [0.2, 0.25) is 0 Å². The van der Waals surface area contributed by atoms with E-state index in [1.807, 2.05) is 53.9 Å². The molecule has 0 radical (unpaired) electrons. The molecule has 0 saturated carbocycles. The maximum atomic E-state index is 13.0. The minimum absolute atomic E-state index is 0.0366. The van der Waals surface area contributed by atoms with E-state index < -0.39 is 0 Å². The summed E-state index contributed by atoms with van der Waals surface area (Å²) >= 11 is 1.49. The molecule has 0 N–H and O–H groups in total. The van der Waals surface area contributed by atoms with Gasteiger partial charge in [0.05, 0.1) is 18.4 Å². The Morgan fingerprint density at radius 2 is 1.90 bits per heavy atom. The third-order valence-corrected chi connectivity index (χ3v) is 5.98. The average molecular weight is 423 g/mol. The summed E-state index contributed by atoms with van der Waals surface area (Å²) in [6, 6.07) is 20.2. The summed E-state index contributed by atoms with van der Waals surface area (Å²) in [6.07, 6.45) is 2.93. The predicted octanol–water partition coefficient (Wildman–Crippen LogP) is 4.58. The number of aromatic nitrogens is 1. The molecule has 0 bridgehead atoms. The van der Waals surface area contributed by atoms with Crippen molar-refractivity contribution in [2.45, 2.75) is 25.4 Å². The highest BCUT2D eigenvalue weighted by Gasteiger charge is 2.21. The molecule has 6 heteroatoms. The van der Waals surface area contributed by atoms with Crippen LogP contribution in [0.3, 0.4) is 0 Å². The molecule has 1 unspecified atom stereocenters. The van der Waals surface area contributed by atoms with E-state index >= 15 is 0 Å². The van der Waals surface area contributed by atoms with E-state index in [1.54, 1.807) is 4.90 Å². The molecular weight excluding hydrogens is 396 g/mol. The summed E-state index contributed by atoms with van der Waals surface area (Å²) in [5.41, 5.74) is 3.12. The highest BCUT2D eigenvalue weighted by molar-refractivity contribution is 7.14. The zero-order valence-corrected chi connectivity index (χ0v) is 17.7. The highest BCUT2D eigenvalue weighted by atomic mass is 32.1. The maximum Gasteiger partial charge on any atom is 0.254 e. The van der Waals surface area contributed by atoms with E-state index in [4.69, 9.17) is 14.5 Å². The molecule has 1 aliphatic rings. The topological polar surface area (TPSA) is 51.7 Å². The monoisotopic (exact) mass is 422 g/mol. The average Bonchev–Trinajstić information content (AvgIpc) is 3.48. The standard InChI is InChI=1S/C24H26N2O3S/c27-23(17-28-16-21-12-7-15-29-21)26(14-13-19-8-3-1-4-9-19)24-25-22(18-30-24)20-10-5-2-6-11-20/h1-6,8-11,18,21H,7,12-17H2. The number of amides is 1. The van der Waals surface area contributed by atoms with Gasteiger partial charge in [-0.15, -0.1) is 11.3 Å². The molecule has 3 aromatic rings. The second kappa shape index (κ2) is 10.5. The number of rotatable bonds is 9. The van der Waals surface area contributed by atoms with E-state index in [9.17, 15) is 4.79 Å². The minimum atomic E-state index is -0.0714. The van der Waals surface area contributed by atoms with Crippen LogP contribution in [0.2, 0.25) is 0 Å². The molecule has 30 heavy (non-hydrogen) atoms. The molecule has 1 saturated heterocycles. The van der Waals surface area contributed by atoms with Gasteiger partial charge in [-0.1, -0.05) is 60.7 Å². The first-order chi connectivity index (χ1) is 14.8. The normalized spacial score (nSPS) is 15.9. The molecule has 156 valence electrons. The Morgan fingerprint density at radius 3 is 2.63 bits per heavy atom. The summed E-state index contributed by atoms with van der Waals surface area (Å²) in [6.45, 7) is 1.85. The SMILES string of the molecule is O=C(COCC1CCCO1)N(CCc1ccccc1)c1nc(-c2ccccc2)cs1. The first-order valence-corrected chi connectivity index (χ1v) is 11.2. The van der Waals surface area contributed by atoms with Gasteiger partial charge in [0.15, 0.2) is 5.13 Å². The van der Waals surface area contributed by atoms with Gasteiger partial charge in [0, 0.05) is 24.1 Å². The molecule has 0 spiro atoms. The number of anilines is 1. The fourth-order valence-electron chi connectivity index (χ4n) is 3.47. The lowest BCUT2D eigenvalue weighted by atomic mass is 10.1. The van der Waals surface area contributed by atoms with Gasteiger partial charge in [-0.2, -0.15) is 0 Å². The van der Waals surface area contributed by atoms with Crippen molar-refractivity contribution in [3.8, 4) is 11.3 Å². The number of hydrogen-bond acceptors (Lipinski definition) is 5. The summed E-state index contributed by atoms with van der Waals surface area (Å²) in [5, 5.41) is 2.70. The van der Waals surface area contributed by atoms with Crippen LogP contribution in [0.25, 0.3) is 11.3 Å². The fraction of sp³-hybridized carbons (Fsp3) is 0.333. The van der Waals surface area contributed by atoms with E-state index in [-0.39, 0.29) is 18.6 Å². The smallest absolute Gasteiger partial charge is 0.254 e. The Kier molecular flexibility index (Phi) is 7.24. The maximum absolute atomic E-state index is 13.0. The number of carbonyl (C=O) groups excluding carboxylic acids is 1. The molecule has 1 atom stereocenters. The minimum Gasteiger partial charge on any atom is -0.376 e. The van der Waals surface area contributed by atoms with E-state index in [0.717, 1.165) is 37.1 Å². The Morgan fingerprint density at radius 1 is 1.13 bits per heavy atom. The van der Waals surface area contributed by atoms with Crippen molar-refractivity contribution < 1.29 is 14.3 Å². The number of ether oxygens (including phenoxy) is 2. The molecule has 4 rings (SSSR count). The van der Waals surface area contributed by atoms with Crippen LogP contribution in [0.15, 0.2) is 66.0 Å². The third-order valence-electron chi connectivity index (χ3n) is 5.11. The molecule has 5 nitrogen and oxygen atoms in total. The van der Waals surface area contributed by atoms with Crippen LogP contribution in [0.5, 0.6) is 0 Å². The van der Waals surface area contributed by atoms with E-state index in [0.29, 0.717) is 18.3 Å². The van der Waals surface area contributed by atoms with Crippen molar-refractivity contribution in [2.75, 3.05) is 31.3 Å². The Bertz CT molecular complexity index is 924. The number of carbonyl (C=O) groups is 1. The number of thiazole rings is 1. The van der Waals surface area contributed by atoms with Gasteiger partial charge < -0.3 is 9.47 Å². The summed E-state index contributed by atoms with van der Waals surface area (Å²) in [5.74, 6) is -0.0714. The van der Waals surface area contributed by atoms with Gasteiger partial charge >= 0.3 is 0 Å². The third kappa shape index (κ3) is 5.53. The van der Waals surface area contributed by atoms with Crippen molar-refractivity contribution >= 4 is 22.4 Å². The quantitative estimate of drug-likeness (QED) is 0.506. The van der Waals surface area contributed by atoms with Crippen LogP contribution < -0.4 is 4.90 Å². The molecule has 1 aromatic heterocycles. The van der Waals surface area contributed by atoms with Crippen LogP contribution in [-0.4, -0.2) is 43.4 Å². The van der Waals surface area contributed by atoms with Crippen LogP contribution in [0.1, 0.15) is 18.4 Å². The van der Waals surface area contributed by atoms with Gasteiger partial charge in [-0.25, -0.2) is 4.98 Å². The fourth-order valence-corrected chi connectivity index (χ4v) is 4.35. The van der Waals surface area contributed by atoms with Crippen molar-refractivity contribution in [2.24, 2.45) is 0 Å². The number of benzene rings is 2. The summed E-state index contributed by atoms with van der Waals surface area (Å²) in [7, 11) is 0. The van der Waals surface area contributed by atoms with Crippen LogP contribution in [-0.2, 0) is 20.7 Å². The van der Waals surface area contributed by atoms with Crippen molar-refractivity contribution in [3.63, 3.8) is 0 Å². The Labute approximate surface area is 181 Å². The lowest BCUT2D eigenvalue weighted by Gasteiger charge is -2.20. The zero-order chi connectivity index (χ0) is 20.6. The Balaban J connectivity index is 1.45. The van der Waals surface area contributed by atoms with Crippen LogP contribution >= 0.6 is 11.3 Å². The summed E-state index contributed by atoms with van der Waals surface area (Å²) in [4.78, 5) is 19.5. The molecule has 1 fully saturated rings. The first-order valence-electron chi connectivity index (χ1n) is 10.3. The molecule has 1 amide bonds. The molecule has 2 aromatic carbocycles. The molecule has 1 aliphatic heterocycles. The van der Waals surface area contributed by atoms with E-state index in [1.165, 1.54) is 16.9 Å².